The van der Waals surface area contributed by atoms with Gasteiger partial charge in [-0.15, -0.1) is 11.8 Å². The zero-order chi connectivity index (χ0) is 23.9. The summed E-state index contributed by atoms with van der Waals surface area (Å²) in [6.45, 7) is 3.66. The van der Waals surface area contributed by atoms with Crippen molar-refractivity contribution in [3.8, 4) is 11.4 Å². The summed E-state index contributed by atoms with van der Waals surface area (Å²) in [6, 6.07) is 19.8. The fraction of sp³-hybridized carbons (Fsp3) is 0.259. The molecule has 1 aliphatic heterocycles. The number of fused-ring (bicyclic) bond motifs is 3. The SMILES string of the molecule is CSc1nn(-c2ccccc2)c2nc(C)c3c(=O)n(-c4ccccc4)c(N4CCCCC4)nc3c12. The third kappa shape index (κ3) is 3.60. The van der Waals surface area contributed by atoms with Gasteiger partial charge in [0.05, 0.1) is 33.4 Å². The van der Waals surface area contributed by atoms with Gasteiger partial charge >= 0.3 is 0 Å². The van der Waals surface area contributed by atoms with Gasteiger partial charge < -0.3 is 4.90 Å². The number of piperidine rings is 1. The van der Waals surface area contributed by atoms with Gasteiger partial charge in [-0.3, -0.25) is 4.79 Å². The Morgan fingerprint density at radius 3 is 2.14 bits per heavy atom. The summed E-state index contributed by atoms with van der Waals surface area (Å²) < 4.78 is 3.62. The Bertz CT molecular complexity index is 1590. The summed E-state index contributed by atoms with van der Waals surface area (Å²) >= 11 is 1.55. The number of pyridine rings is 1. The number of aryl methyl sites for hydroxylation is 1. The molecule has 8 heteroatoms. The van der Waals surface area contributed by atoms with E-state index in [1.165, 1.54) is 6.42 Å². The minimum atomic E-state index is -0.0896. The highest BCUT2D eigenvalue weighted by atomic mass is 32.2. The lowest BCUT2D eigenvalue weighted by molar-refractivity contribution is 0.563. The Morgan fingerprint density at radius 1 is 0.829 bits per heavy atom. The minimum absolute atomic E-state index is 0.0896. The normalized spacial score (nSPS) is 14.2. The third-order valence-corrected chi connectivity index (χ3v) is 7.29. The molecule has 0 saturated carbocycles. The van der Waals surface area contributed by atoms with Crippen LogP contribution in [-0.2, 0) is 0 Å². The smallest absolute Gasteiger partial charge is 0.269 e. The monoisotopic (exact) mass is 482 g/mol. The molecule has 2 aromatic carbocycles. The molecule has 1 aliphatic rings. The lowest BCUT2D eigenvalue weighted by atomic mass is 10.1. The van der Waals surface area contributed by atoms with Crippen molar-refractivity contribution in [2.75, 3.05) is 24.2 Å². The van der Waals surface area contributed by atoms with E-state index in [0.717, 1.165) is 53.4 Å². The lowest BCUT2D eigenvalue weighted by Crippen LogP contribution is -2.36. The number of nitrogens with zero attached hydrogens (tertiary/aromatic N) is 6. The van der Waals surface area contributed by atoms with Gasteiger partial charge in [-0.05, 0) is 56.7 Å². The van der Waals surface area contributed by atoms with Crippen LogP contribution in [0.1, 0.15) is 25.0 Å². The summed E-state index contributed by atoms with van der Waals surface area (Å²) in [5, 5.41) is 7.07. The van der Waals surface area contributed by atoms with Crippen molar-refractivity contribution in [1.29, 1.82) is 0 Å². The molecule has 5 aromatic rings. The fourth-order valence-electron chi connectivity index (χ4n) is 4.94. The van der Waals surface area contributed by atoms with Gasteiger partial charge in [0.2, 0.25) is 5.95 Å². The molecule has 6 rings (SSSR count). The molecule has 35 heavy (non-hydrogen) atoms. The molecule has 7 nitrogen and oxygen atoms in total. The molecule has 4 heterocycles. The van der Waals surface area contributed by atoms with E-state index in [2.05, 4.69) is 4.90 Å². The molecule has 0 unspecified atom stereocenters. The number of para-hydroxylation sites is 2. The van der Waals surface area contributed by atoms with Crippen LogP contribution < -0.4 is 10.5 Å². The van der Waals surface area contributed by atoms with E-state index in [1.807, 2.05) is 78.5 Å². The Kier molecular flexibility index (Phi) is 5.53. The van der Waals surface area contributed by atoms with Crippen LogP contribution in [0.5, 0.6) is 0 Å². The minimum Gasteiger partial charge on any atom is -0.342 e. The molecule has 176 valence electrons. The van der Waals surface area contributed by atoms with E-state index in [4.69, 9.17) is 15.1 Å². The number of aromatic nitrogens is 5. The van der Waals surface area contributed by atoms with Crippen LogP contribution in [0.15, 0.2) is 70.5 Å². The second kappa shape index (κ2) is 8.85. The van der Waals surface area contributed by atoms with Gasteiger partial charge in [0.15, 0.2) is 5.65 Å². The molecule has 0 radical (unpaired) electrons. The number of anilines is 1. The van der Waals surface area contributed by atoms with Crippen LogP contribution in [0.3, 0.4) is 0 Å². The maximum atomic E-state index is 14.2. The highest BCUT2D eigenvalue weighted by Crippen LogP contribution is 2.34. The summed E-state index contributed by atoms with van der Waals surface area (Å²) in [7, 11) is 0. The Hall–Kier alpha value is -3.65. The standard InChI is InChI=1S/C27H26N6OS/c1-18-21-23(22-24(28-18)33(30-25(22)35-2)20-14-8-4-9-15-20)29-27(31-16-10-5-11-17-31)32(26(21)34)19-12-6-3-7-13-19/h3-4,6-9,12-15H,5,10-11,16-17H2,1-2H3. The summed E-state index contributed by atoms with van der Waals surface area (Å²) in [6.07, 6.45) is 5.39. The predicted octanol–water partition coefficient (Wildman–Crippen LogP) is 5.14. The van der Waals surface area contributed by atoms with Gasteiger partial charge in [-0.2, -0.15) is 5.10 Å². The van der Waals surface area contributed by atoms with E-state index in [9.17, 15) is 4.79 Å². The zero-order valence-corrected chi connectivity index (χ0v) is 20.6. The van der Waals surface area contributed by atoms with Gasteiger partial charge in [-0.1, -0.05) is 36.4 Å². The largest absolute Gasteiger partial charge is 0.342 e. The van der Waals surface area contributed by atoms with Crippen molar-refractivity contribution in [2.24, 2.45) is 0 Å². The first-order chi connectivity index (χ1) is 17.2. The number of hydrogen-bond acceptors (Lipinski definition) is 6. The molecule has 1 fully saturated rings. The van der Waals surface area contributed by atoms with Crippen molar-refractivity contribution in [1.82, 2.24) is 24.3 Å². The fourth-order valence-corrected chi connectivity index (χ4v) is 5.50. The third-order valence-electron chi connectivity index (χ3n) is 6.61. The Morgan fingerprint density at radius 2 is 1.49 bits per heavy atom. The zero-order valence-electron chi connectivity index (χ0n) is 19.8. The van der Waals surface area contributed by atoms with Gasteiger partial charge in [0.25, 0.3) is 5.56 Å². The van der Waals surface area contributed by atoms with E-state index < -0.39 is 0 Å². The van der Waals surface area contributed by atoms with Crippen LogP contribution >= 0.6 is 11.8 Å². The second-order valence-corrected chi connectivity index (χ2v) is 9.61. The molecule has 0 amide bonds. The average Bonchev–Trinajstić information content (AvgIpc) is 3.28. The maximum Gasteiger partial charge on any atom is 0.269 e. The predicted molar refractivity (Wildman–Crippen MR) is 142 cm³/mol. The lowest BCUT2D eigenvalue weighted by Gasteiger charge is -2.30. The van der Waals surface area contributed by atoms with Crippen LogP contribution in [-0.4, -0.2) is 43.7 Å². The summed E-state index contributed by atoms with van der Waals surface area (Å²) in [4.78, 5) is 26.5. The number of rotatable bonds is 4. The molecule has 0 spiro atoms. The molecule has 0 atom stereocenters. The van der Waals surface area contributed by atoms with Gasteiger partial charge in [0.1, 0.15) is 5.03 Å². The highest BCUT2D eigenvalue weighted by molar-refractivity contribution is 7.98. The molecule has 0 N–H and O–H groups in total. The van der Waals surface area contributed by atoms with Gasteiger partial charge in [0, 0.05) is 13.1 Å². The van der Waals surface area contributed by atoms with Crippen molar-refractivity contribution in [3.05, 3.63) is 76.7 Å². The van der Waals surface area contributed by atoms with E-state index in [-0.39, 0.29) is 5.56 Å². The first kappa shape index (κ1) is 21.9. The molecular weight excluding hydrogens is 456 g/mol. The maximum absolute atomic E-state index is 14.2. The summed E-state index contributed by atoms with van der Waals surface area (Å²) in [5.74, 6) is 0.694. The molecular formula is C27H26N6OS. The Balaban J connectivity index is 1.73. The van der Waals surface area contributed by atoms with Crippen molar-refractivity contribution in [3.63, 3.8) is 0 Å². The molecule has 1 saturated heterocycles. The van der Waals surface area contributed by atoms with Crippen LogP contribution in [0.2, 0.25) is 0 Å². The Labute approximate surface area is 207 Å². The van der Waals surface area contributed by atoms with Crippen LogP contribution in [0.25, 0.3) is 33.3 Å². The van der Waals surface area contributed by atoms with Crippen LogP contribution in [0, 0.1) is 6.92 Å². The summed E-state index contributed by atoms with van der Waals surface area (Å²) in [5.41, 5.74) is 3.71. The van der Waals surface area contributed by atoms with Crippen molar-refractivity contribution >= 4 is 39.6 Å². The number of hydrogen-bond donors (Lipinski definition) is 0. The number of benzene rings is 2. The topological polar surface area (TPSA) is 68.8 Å². The van der Waals surface area contributed by atoms with E-state index in [1.54, 1.807) is 16.3 Å². The van der Waals surface area contributed by atoms with E-state index in [0.29, 0.717) is 22.5 Å². The highest BCUT2D eigenvalue weighted by Gasteiger charge is 2.25. The van der Waals surface area contributed by atoms with E-state index >= 15 is 0 Å². The molecule has 0 bridgehead atoms. The molecule has 0 aliphatic carbocycles. The first-order valence-corrected chi connectivity index (χ1v) is 13.2. The van der Waals surface area contributed by atoms with Gasteiger partial charge in [-0.25, -0.2) is 19.2 Å². The molecule has 3 aromatic heterocycles. The van der Waals surface area contributed by atoms with Crippen LogP contribution in [0.4, 0.5) is 5.95 Å². The van der Waals surface area contributed by atoms with Crippen molar-refractivity contribution < 1.29 is 0 Å². The first-order valence-electron chi connectivity index (χ1n) is 11.9. The quantitative estimate of drug-likeness (QED) is 0.331. The van der Waals surface area contributed by atoms with Crippen molar-refractivity contribution in [2.45, 2.75) is 31.2 Å². The number of thioether (sulfide) groups is 1. The average molecular weight is 483 g/mol. The second-order valence-electron chi connectivity index (χ2n) is 8.81.